The Hall–Kier alpha value is -0.760. The first-order valence-corrected chi connectivity index (χ1v) is 25.2. The van der Waals surface area contributed by atoms with Crippen molar-refractivity contribution >= 4 is 13.8 Å². The van der Waals surface area contributed by atoms with Crippen molar-refractivity contribution in [1.29, 1.82) is 0 Å². The molecule has 9 heteroatoms. The molecule has 0 aromatic heterocycles. The van der Waals surface area contributed by atoms with E-state index in [0.29, 0.717) is 13.0 Å². The number of nitrogens with two attached hydrogens (primary N) is 1. The summed E-state index contributed by atoms with van der Waals surface area (Å²) in [6.45, 7) is 4.96. The Morgan fingerprint density at radius 3 is 1.33 bits per heavy atom. The molecule has 2 atom stereocenters. The molecule has 0 radical (unpaired) electrons. The maximum absolute atomic E-state index is 12.6. The summed E-state index contributed by atoms with van der Waals surface area (Å²) >= 11 is 0. The number of unbranched alkanes of at least 4 members (excludes halogenated alkanes) is 31. The van der Waals surface area contributed by atoms with Crippen LogP contribution in [0.25, 0.3) is 0 Å². The van der Waals surface area contributed by atoms with Gasteiger partial charge in [-0.25, -0.2) is 4.57 Å². The Bertz CT molecular complexity index is 858. The lowest BCUT2D eigenvalue weighted by molar-refractivity contribution is -0.154. The molecule has 0 fully saturated rings. The molecule has 0 aliphatic heterocycles. The zero-order valence-electron chi connectivity index (χ0n) is 36.4. The predicted molar refractivity (Wildman–Crippen MR) is 234 cm³/mol. The molecular weight excluding hydrogens is 709 g/mol. The molecule has 0 bridgehead atoms. The third kappa shape index (κ3) is 44.2. The smallest absolute Gasteiger partial charge is 0.457 e. The van der Waals surface area contributed by atoms with Crippen molar-refractivity contribution in [1.82, 2.24) is 0 Å². The number of esters is 1. The van der Waals surface area contributed by atoms with Crippen LogP contribution < -0.4 is 5.73 Å². The topological polar surface area (TPSA) is 117 Å². The molecule has 0 aromatic rings. The highest BCUT2D eigenvalue weighted by molar-refractivity contribution is 7.47. The largest absolute Gasteiger partial charge is 0.472 e. The van der Waals surface area contributed by atoms with Crippen molar-refractivity contribution in [3.8, 4) is 0 Å². The standard InChI is InChI=1S/C46H92NO7P/c1-3-5-7-9-11-13-15-17-19-21-22-23-24-26-28-30-32-34-36-38-41-51-43-45(44-53-55(49,50)52-42-40-47)54-46(48)39-37-35-33-31-29-27-25-20-18-16-14-12-10-8-6-4-2/h20,25,45H,3-19,21-24,26-44,47H2,1-2H3,(H,49,50)/b25-20-. The number of phosphoric ester groups is 1. The van der Waals surface area contributed by atoms with Gasteiger partial charge in [-0.3, -0.25) is 13.8 Å². The van der Waals surface area contributed by atoms with E-state index in [4.69, 9.17) is 24.3 Å². The van der Waals surface area contributed by atoms with Crippen LogP contribution in [0, 0.1) is 0 Å². The number of hydrogen-bond acceptors (Lipinski definition) is 7. The van der Waals surface area contributed by atoms with E-state index in [1.54, 1.807) is 0 Å². The zero-order valence-corrected chi connectivity index (χ0v) is 37.3. The molecule has 0 saturated heterocycles. The molecule has 2 unspecified atom stereocenters. The van der Waals surface area contributed by atoms with Crippen molar-refractivity contribution in [2.45, 2.75) is 245 Å². The van der Waals surface area contributed by atoms with Crippen molar-refractivity contribution in [3.63, 3.8) is 0 Å². The van der Waals surface area contributed by atoms with Crippen LogP contribution in [0.5, 0.6) is 0 Å². The number of ether oxygens (including phenoxy) is 2. The van der Waals surface area contributed by atoms with Gasteiger partial charge in [0.15, 0.2) is 0 Å². The molecule has 328 valence electrons. The number of carbonyl (C=O) groups is 1. The molecule has 0 heterocycles. The summed E-state index contributed by atoms with van der Waals surface area (Å²) in [5, 5.41) is 0. The summed E-state index contributed by atoms with van der Waals surface area (Å²) in [6, 6.07) is 0. The van der Waals surface area contributed by atoms with E-state index in [0.717, 1.165) is 44.9 Å². The molecule has 0 saturated carbocycles. The highest BCUT2D eigenvalue weighted by atomic mass is 31.2. The quantitative estimate of drug-likeness (QED) is 0.0270. The van der Waals surface area contributed by atoms with Gasteiger partial charge in [-0.2, -0.15) is 0 Å². The van der Waals surface area contributed by atoms with Gasteiger partial charge in [0.2, 0.25) is 0 Å². The second-order valence-corrected chi connectivity index (χ2v) is 17.4. The third-order valence-electron chi connectivity index (χ3n) is 10.4. The Morgan fingerprint density at radius 2 is 0.909 bits per heavy atom. The second-order valence-electron chi connectivity index (χ2n) is 16.0. The fourth-order valence-corrected chi connectivity index (χ4v) is 7.70. The van der Waals surface area contributed by atoms with E-state index in [9.17, 15) is 14.3 Å². The van der Waals surface area contributed by atoms with Crippen LogP contribution in [-0.2, 0) is 27.9 Å². The minimum Gasteiger partial charge on any atom is -0.457 e. The lowest BCUT2D eigenvalue weighted by atomic mass is 10.0. The van der Waals surface area contributed by atoms with Gasteiger partial charge < -0.3 is 20.1 Å². The number of allylic oxidation sites excluding steroid dienone is 2. The fraction of sp³-hybridized carbons (Fsp3) is 0.935. The van der Waals surface area contributed by atoms with Crippen LogP contribution >= 0.6 is 7.82 Å². The van der Waals surface area contributed by atoms with Crippen molar-refractivity contribution < 1.29 is 32.8 Å². The number of phosphoric acid groups is 1. The third-order valence-corrected chi connectivity index (χ3v) is 11.4. The average Bonchev–Trinajstić information content (AvgIpc) is 3.17. The van der Waals surface area contributed by atoms with E-state index in [1.807, 2.05) is 0 Å². The fourth-order valence-electron chi connectivity index (χ4n) is 6.93. The number of rotatable bonds is 46. The molecule has 0 rings (SSSR count). The SMILES string of the molecule is CCCCCCCCC/C=C\CCCCCCCC(=O)OC(COCCCCCCCCCCCCCCCCCCCCCC)COP(=O)(O)OCCN. The van der Waals surface area contributed by atoms with Gasteiger partial charge in [-0.05, 0) is 38.5 Å². The Balaban J connectivity index is 3.94. The van der Waals surface area contributed by atoms with Crippen molar-refractivity contribution in [2.75, 3.05) is 33.0 Å². The molecule has 8 nitrogen and oxygen atoms in total. The summed E-state index contributed by atoms with van der Waals surface area (Å²) in [7, 11) is -4.27. The summed E-state index contributed by atoms with van der Waals surface area (Å²) < 4.78 is 33.5. The number of hydrogen-bond donors (Lipinski definition) is 2. The van der Waals surface area contributed by atoms with Crippen molar-refractivity contribution in [2.24, 2.45) is 5.73 Å². The van der Waals surface area contributed by atoms with Crippen LogP contribution in [0.1, 0.15) is 239 Å². The Morgan fingerprint density at radius 1 is 0.527 bits per heavy atom. The molecule has 0 aliphatic carbocycles. The van der Waals surface area contributed by atoms with Gasteiger partial charge in [0.25, 0.3) is 0 Å². The maximum atomic E-state index is 12.6. The van der Waals surface area contributed by atoms with Crippen LogP contribution in [0.15, 0.2) is 12.2 Å². The molecule has 0 spiro atoms. The van der Waals surface area contributed by atoms with Gasteiger partial charge in [0.1, 0.15) is 6.10 Å². The van der Waals surface area contributed by atoms with Gasteiger partial charge in [0, 0.05) is 19.6 Å². The molecular formula is C46H92NO7P. The monoisotopic (exact) mass is 802 g/mol. The molecule has 0 aromatic carbocycles. The van der Waals surface area contributed by atoms with E-state index in [1.165, 1.54) is 173 Å². The average molecular weight is 802 g/mol. The zero-order chi connectivity index (χ0) is 40.2. The molecule has 55 heavy (non-hydrogen) atoms. The van der Waals surface area contributed by atoms with Crippen LogP contribution in [-0.4, -0.2) is 49.9 Å². The summed E-state index contributed by atoms with van der Waals surface area (Å²) in [5.74, 6) is -0.333. The lowest BCUT2D eigenvalue weighted by Gasteiger charge is -2.20. The van der Waals surface area contributed by atoms with Gasteiger partial charge >= 0.3 is 13.8 Å². The minimum absolute atomic E-state index is 0.0935. The van der Waals surface area contributed by atoms with Gasteiger partial charge in [-0.15, -0.1) is 0 Å². The van der Waals surface area contributed by atoms with Crippen LogP contribution in [0.3, 0.4) is 0 Å². The molecule has 0 aliphatic rings. The second kappa shape index (κ2) is 44.3. The van der Waals surface area contributed by atoms with E-state index in [2.05, 4.69) is 26.0 Å². The van der Waals surface area contributed by atoms with Crippen LogP contribution in [0.4, 0.5) is 0 Å². The van der Waals surface area contributed by atoms with Gasteiger partial charge in [-0.1, -0.05) is 206 Å². The summed E-state index contributed by atoms with van der Waals surface area (Å²) in [4.78, 5) is 22.5. The first-order chi connectivity index (χ1) is 26.9. The van der Waals surface area contributed by atoms with E-state index in [-0.39, 0.29) is 32.3 Å². The predicted octanol–water partition coefficient (Wildman–Crippen LogP) is 14.3. The first kappa shape index (κ1) is 54.2. The van der Waals surface area contributed by atoms with Gasteiger partial charge in [0.05, 0.1) is 19.8 Å². The summed E-state index contributed by atoms with van der Waals surface area (Å²) in [5.41, 5.74) is 5.38. The van der Waals surface area contributed by atoms with E-state index >= 15 is 0 Å². The lowest BCUT2D eigenvalue weighted by Crippen LogP contribution is -2.28. The first-order valence-electron chi connectivity index (χ1n) is 23.7. The highest BCUT2D eigenvalue weighted by Crippen LogP contribution is 2.43. The minimum atomic E-state index is -4.27. The Kier molecular flexibility index (Phi) is 43.7. The van der Waals surface area contributed by atoms with E-state index < -0.39 is 13.9 Å². The van der Waals surface area contributed by atoms with Crippen molar-refractivity contribution in [3.05, 3.63) is 12.2 Å². The van der Waals surface area contributed by atoms with Crippen LogP contribution in [0.2, 0.25) is 0 Å². The maximum Gasteiger partial charge on any atom is 0.472 e. The number of carbonyl (C=O) groups excluding carboxylic acids is 1. The molecule has 3 N–H and O–H groups in total. The molecule has 0 amide bonds. The highest BCUT2D eigenvalue weighted by Gasteiger charge is 2.25. The normalized spacial score (nSPS) is 13.5. The Labute approximate surface area is 341 Å². The summed E-state index contributed by atoms with van der Waals surface area (Å²) in [6.07, 6.45) is 48.1.